The van der Waals surface area contributed by atoms with Gasteiger partial charge in [-0.05, 0) is 24.6 Å². The number of phenolic OH excluding ortho intramolecular Hbond substituents is 2. The van der Waals surface area contributed by atoms with Crippen molar-refractivity contribution in [3.8, 4) is 28.6 Å². The van der Waals surface area contributed by atoms with Crippen LogP contribution in [0.3, 0.4) is 0 Å². The Morgan fingerprint density at radius 1 is 1.24 bits per heavy atom. The van der Waals surface area contributed by atoms with Gasteiger partial charge in [-0.25, -0.2) is 18.9 Å². The van der Waals surface area contributed by atoms with E-state index in [-0.39, 0.29) is 22.6 Å². The fraction of sp³-hybridized carbons (Fsp3) is 0.250. The number of para-hydroxylation sites is 1. The number of aromatic hydroxyl groups is 2. The summed E-state index contributed by atoms with van der Waals surface area (Å²) in [6.07, 6.45) is 1.69. The molecule has 3 aromatic rings. The minimum atomic E-state index is -0.717. The molecule has 1 aromatic heterocycles. The Balaban J connectivity index is 2.13. The summed E-state index contributed by atoms with van der Waals surface area (Å²) in [4.78, 5) is 26.4. The molecule has 0 radical (unpaired) electrons. The van der Waals surface area contributed by atoms with Crippen molar-refractivity contribution in [2.24, 2.45) is 0 Å². The fourth-order valence-electron chi connectivity index (χ4n) is 2.96. The molecular weight excluding hydrogens is 379 g/mol. The highest BCUT2D eigenvalue weighted by atomic mass is 19.1. The zero-order valence-corrected chi connectivity index (χ0v) is 16.0. The second-order valence-corrected chi connectivity index (χ2v) is 6.61. The number of halogens is 1. The number of hydrogen-bond acceptors (Lipinski definition) is 5. The SMILES string of the molecule is CCCCN(C)C(=O)c1cc(-c2n[nH]c(=O)n2-c2ccccc2F)c(O)cc1O. The number of rotatable bonds is 6. The monoisotopic (exact) mass is 400 g/mol. The normalized spacial score (nSPS) is 10.9. The molecule has 3 rings (SSSR count). The number of carbonyl (C=O) groups is 1. The summed E-state index contributed by atoms with van der Waals surface area (Å²) in [5, 5.41) is 26.6. The average Bonchev–Trinajstić information content (AvgIpc) is 3.07. The van der Waals surface area contributed by atoms with Crippen molar-refractivity contribution in [1.29, 1.82) is 0 Å². The largest absolute Gasteiger partial charge is 0.507 e. The molecule has 0 fully saturated rings. The predicted octanol–water partition coefficient (Wildman–Crippen LogP) is 2.65. The van der Waals surface area contributed by atoms with Crippen LogP contribution in [0.2, 0.25) is 0 Å². The van der Waals surface area contributed by atoms with Gasteiger partial charge in [-0.2, -0.15) is 5.10 Å². The van der Waals surface area contributed by atoms with Gasteiger partial charge in [0.2, 0.25) is 0 Å². The molecule has 1 heterocycles. The van der Waals surface area contributed by atoms with Crippen molar-refractivity contribution in [2.45, 2.75) is 19.8 Å². The van der Waals surface area contributed by atoms with Crippen LogP contribution in [0.5, 0.6) is 11.5 Å². The van der Waals surface area contributed by atoms with Crippen LogP contribution < -0.4 is 5.69 Å². The molecule has 9 heteroatoms. The lowest BCUT2D eigenvalue weighted by Gasteiger charge is -2.18. The van der Waals surface area contributed by atoms with Crippen LogP contribution in [0.4, 0.5) is 4.39 Å². The maximum atomic E-state index is 14.3. The summed E-state index contributed by atoms with van der Waals surface area (Å²) in [6.45, 7) is 2.49. The summed E-state index contributed by atoms with van der Waals surface area (Å²) < 4.78 is 15.2. The molecule has 0 saturated heterocycles. The standard InChI is InChI=1S/C20H21FN4O4/c1-3-4-9-24(2)19(28)13-10-12(16(26)11-17(13)27)18-22-23-20(29)25(18)15-8-6-5-7-14(15)21/h5-8,10-11,26-27H,3-4,9H2,1-2H3,(H,23,29). The zero-order valence-electron chi connectivity index (χ0n) is 16.0. The number of hydrogen-bond donors (Lipinski definition) is 3. The quantitative estimate of drug-likeness (QED) is 0.589. The Bertz CT molecular complexity index is 1110. The highest BCUT2D eigenvalue weighted by Crippen LogP contribution is 2.35. The number of benzene rings is 2. The van der Waals surface area contributed by atoms with E-state index in [2.05, 4.69) is 10.2 Å². The highest BCUT2D eigenvalue weighted by molar-refractivity contribution is 5.98. The number of aromatic amines is 1. The van der Waals surface area contributed by atoms with Crippen LogP contribution in [0.25, 0.3) is 17.1 Å². The lowest BCUT2D eigenvalue weighted by atomic mass is 10.1. The van der Waals surface area contributed by atoms with Crippen LogP contribution >= 0.6 is 0 Å². The third-order valence-corrected chi connectivity index (χ3v) is 4.54. The van der Waals surface area contributed by atoms with Crippen molar-refractivity contribution in [3.05, 3.63) is 58.3 Å². The molecule has 0 saturated carbocycles. The van der Waals surface area contributed by atoms with Crippen molar-refractivity contribution in [1.82, 2.24) is 19.7 Å². The summed E-state index contributed by atoms with van der Waals surface area (Å²) in [5.41, 5.74) is -0.851. The Morgan fingerprint density at radius 2 is 1.97 bits per heavy atom. The van der Waals surface area contributed by atoms with Gasteiger partial charge in [0.05, 0.1) is 16.8 Å². The minimum Gasteiger partial charge on any atom is -0.507 e. The second kappa shape index (κ2) is 8.17. The molecule has 3 N–H and O–H groups in total. The van der Waals surface area contributed by atoms with Crippen LogP contribution in [0.1, 0.15) is 30.1 Å². The first-order valence-electron chi connectivity index (χ1n) is 9.09. The molecule has 0 bridgehead atoms. The predicted molar refractivity (Wildman–Crippen MR) is 105 cm³/mol. The molecule has 0 unspecified atom stereocenters. The lowest BCUT2D eigenvalue weighted by molar-refractivity contribution is 0.0790. The van der Waals surface area contributed by atoms with Crippen molar-refractivity contribution < 1.29 is 19.4 Å². The van der Waals surface area contributed by atoms with Crippen molar-refractivity contribution >= 4 is 5.91 Å². The Labute approximate surface area is 165 Å². The van der Waals surface area contributed by atoms with E-state index in [9.17, 15) is 24.2 Å². The summed E-state index contributed by atoms with van der Waals surface area (Å²) >= 11 is 0. The summed E-state index contributed by atoms with van der Waals surface area (Å²) in [5.74, 6) is -2.02. The van der Waals surface area contributed by atoms with Gasteiger partial charge >= 0.3 is 5.69 Å². The third-order valence-electron chi connectivity index (χ3n) is 4.54. The number of phenols is 2. The fourth-order valence-corrected chi connectivity index (χ4v) is 2.96. The molecule has 8 nitrogen and oxygen atoms in total. The maximum absolute atomic E-state index is 14.3. The summed E-state index contributed by atoms with van der Waals surface area (Å²) in [6, 6.07) is 7.84. The van der Waals surface area contributed by atoms with Gasteiger partial charge in [0.15, 0.2) is 5.82 Å². The van der Waals surface area contributed by atoms with Crippen LogP contribution in [0, 0.1) is 5.82 Å². The van der Waals surface area contributed by atoms with Crippen LogP contribution in [-0.2, 0) is 0 Å². The number of H-pyrrole nitrogens is 1. The van der Waals surface area contributed by atoms with Crippen molar-refractivity contribution in [2.75, 3.05) is 13.6 Å². The third kappa shape index (κ3) is 3.84. The zero-order chi connectivity index (χ0) is 21.1. The van der Waals surface area contributed by atoms with E-state index in [4.69, 9.17) is 0 Å². The molecule has 152 valence electrons. The van der Waals surface area contributed by atoms with E-state index in [0.29, 0.717) is 6.54 Å². The van der Waals surface area contributed by atoms with E-state index >= 15 is 0 Å². The van der Waals surface area contributed by atoms with Gasteiger partial charge in [0.1, 0.15) is 17.3 Å². The van der Waals surface area contributed by atoms with Gasteiger partial charge in [-0.15, -0.1) is 0 Å². The molecule has 2 aromatic carbocycles. The molecule has 0 atom stereocenters. The molecule has 1 amide bonds. The molecule has 0 aliphatic carbocycles. The van der Waals surface area contributed by atoms with E-state index in [1.807, 2.05) is 6.92 Å². The molecule has 29 heavy (non-hydrogen) atoms. The summed E-state index contributed by atoms with van der Waals surface area (Å²) in [7, 11) is 1.60. The van der Waals surface area contributed by atoms with E-state index in [0.717, 1.165) is 23.5 Å². The first-order valence-corrected chi connectivity index (χ1v) is 9.09. The van der Waals surface area contributed by atoms with Gasteiger partial charge in [0, 0.05) is 19.7 Å². The number of carbonyl (C=O) groups excluding carboxylic acids is 1. The minimum absolute atomic E-state index is 0.00311. The Kier molecular flexibility index (Phi) is 5.67. The topological polar surface area (TPSA) is 111 Å². The van der Waals surface area contributed by atoms with Crippen molar-refractivity contribution in [3.63, 3.8) is 0 Å². The Morgan fingerprint density at radius 3 is 2.66 bits per heavy atom. The van der Waals surface area contributed by atoms with E-state index in [1.165, 1.54) is 29.2 Å². The second-order valence-electron chi connectivity index (χ2n) is 6.61. The van der Waals surface area contributed by atoms with Gasteiger partial charge < -0.3 is 15.1 Å². The first-order chi connectivity index (χ1) is 13.8. The average molecular weight is 400 g/mol. The lowest BCUT2D eigenvalue weighted by Crippen LogP contribution is -2.27. The first kappa shape index (κ1) is 20.1. The van der Waals surface area contributed by atoms with E-state index in [1.54, 1.807) is 13.1 Å². The van der Waals surface area contributed by atoms with Gasteiger partial charge in [-0.1, -0.05) is 25.5 Å². The maximum Gasteiger partial charge on any atom is 0.348 e. The molecule has 0 aliphatic rings. The number of aromatic nitrogens is 3. The van der Waals surface area contributed by atoms with Gasteiger partial charge in [-0.3, -0.25) is 4.79 Å². The number of nitrogens with zero attached hydrogens (tertiary/aromatic N) is 3. The Hall–Kier alpha value is -3.62. The number of amides is 1. The van der Waals surface area contributed by atoms with Crippen LogP contribution in [0.15, 0.2) is 41.2 Å². The highest BCUT2D eigenvalue weighted by Gasteiger charge is 2.23. The van der Waals surface area contributed by atoms with Crippen LogP contribution in [-0.4, -0.2) is 49.4 Å². The molecule has 0 spiro atoms. The van der Waals surface area contributed by atoms with E-state index < -0.39 is 28.9 Å². The molecular formula is C20H21FN4O4. The molecule has 0 aliphatic heterocycles. The number of nitrogens with one attached hydrogen (secondary N) is 1. The van der Waals surface area contributed by atoms with Gasteiger partial charge in [0.25, 0.3) is 5.91 Å². The number of unbranched alkanes of at least 4 members (excludes halogenated alkanes) is 1. The smallest absolute Gasteiger partial charge is 0.348 e.